The fraction of sp³-hybridized carbons (Fsp3) is 0.438. The lowest BCUT2D eigenvalue weighted by Crippen LogP contribution is -2.11. The van der Waals surface area contributed by atoms with Crippen molar-refractivity contribution >= 4 is 11.5 Å². The molecule has 0 atom stereocenters. The van der Waals surface area contributed by atoms with E-state index in [1.165, 1.54) is 0 Å². The largest absolute Gasteiger partial charge is 0.476 e. The zero-order chi connectivity index (χ0) is 15.8. The van der Waals surface area contributed by atoms with Crippen LogP contribution in [0.25, 0.3) is 0 Å². The van der Waals surface area contributed by atoms with Gasteiger partial charge in [-0.2, -0.15) is 4.98 Å². The lowest BCUT2D eigenvalue weighted by Gasteiger charge is -2.13. The molecule has 0 bridgehead atoms. The van der Waals surface area contributed by atoms with Crippen LogP contribution in [-0.4, -0.2) is 21.6 Å². The van der Waals surface area contributed by atoms with E-state index in [1.807, 2.05) is 19.1 Å². The maximum Gasteiger partial charge on any atom is 0.242 e. The van der Waals surface area contributed by atoms with Crippen molar-refractivity contribution in [3.63, 3.8) is 0 Å². The molecule has 3 N–H and O–H groups in total. The van der Waals surface area contributed by atoms with Crippen molar-refractivity contribution in [2.45, 2.75) is 39.7 Å². The standard InChI is InChI=1S/C16H23N5O/c1-3-5-10-22-16-14(17)15(20-13(4-2)21-16)19-11-12-6-8-18-9-7-12/h6-9H,3-5,10-11,17H2,1-2H3,(H,19,20,21). The second-order valence-corrected chi connectivity index (χ2v) is 4.97. The molecule has 0 aliphatic carbocycles. The molecule has 0 fully saturated rings. The van der Waals surface area contributed by atoms with Crippen molar-refractivity contribution in [2.75, 3.05) is 17.7 Å². The summed E-state index contributed by atoms with van der Waals surface area (Å²) in [7, 11) is 0. The molecule has 0 aliphatic heterocycles. The number of nitrogen functional groups attached to an aromatic ring is 1. The highest BCUT2D eigenvalue weighted by Crippen LogP contribution is 2.26. The highest BCUT2D eigenvalue weighted by molar-refractivity contribution is 5.67. The molecule has 0 unspecified atom stereocenters. The molecular weight excluding hydrogens is 278 g/mol. The third kappa shape index (κ3) is 4.31. The average Bonchev–Trinajstić information content (AvgIpc) is 2.56. The van der Waals surface area contributed by atoms with Gasteiger partial charge >= 0.3 is 0 Å². The van der Waals surface area contributed by atoms with Gasteiger partial charge in [-0.05, 0) is 24.1 Å². The van der Waals surface area contributed by atoms with Gasteiger partial charge in [-0.15, -0.1) is 0 Å². The van der Waals surface area contributed by atoms with E-state index in [0.717, 1.165) is 30.7 Å². The van der Waals surface area contributed by atoms with Gasteiger partial charge in [0.2, 0.25) is 5.88 Å². The quantitative estimate of drug-likeness (QED) is 0.729. The van der Waals surface area contributed by atoms with E-state index in [-0.39, 0.29) is 0 Å². The fourth-order valence-corrected chi connectivity index (χ4v) is 1.90. The molecule has 6 heteroatoms. The van der Waals surface area contributed by atoms with Crippen molar-refractivity contribution in [1.82, 2.24) is 15.0 Å². The molecule has 22 heavy (non-hydrogen) atoms. The summed E-state index contributed by atoms with van der Waals surface area (Å²) in [5.41, 5.74) is 7.70. The van der Waals surface area contributed by atoms with Crippen molar-refractivity contribution in [3.05, 3.63) is 35.9 Å². The zero-order valence-electron chi connectivity index (χ0n) is 13.2. The van der Waals surface area contributed by atoms with Crippen molar-refractivity contribution in [3.8, 4) is 5.88 Å². The van der Waals surface area contributed by atoms with E-state index >= 15 is 0 Å². The van der Waals surface area contributed by atoms with Crippen molar-refractivity contribution in [1.29, 1.82) is 0 Å². The predicted octanol–water partition coefficient (Wildman–Crippen LogP) is 2.81. The van der Waals surface area contributed by atoms with Crippen LogP contribution in [0.4, 0.5) is 11.5 Å². The molecule has 0 aromatic carbocycles. The van der Waals surface area contributed by atoms with Gasteiger partial charge in [-0.1, -0.05) is 20.3 Å². The summed E-state index contributed by atoms with van der Waals surface area (Å²) in [5, 5.41) is 3.25. The van der Waals surface area contributed by atoms with Gasteiger partial charge in [0.1, 0.15) is 11.5 Å². The van der Waals surface area contributed by atoms with Crippen LogP contribution in [0.3, 0.4) is 0 Å². The molecule has 0 spiro atoms. The van der Waals surface area contributed by atoms with Gasteiger partial charge in [0.05, 0.1) is 6.61 Å². The molecule has 0 aliphatic rings. The average molecular weight is 301 g/mol. The Balaban J connectivity index is 2.13. The molecule has 6 nitrogen and oxygen atoms in total. The summed E-state index contributed by atoms with van der Waals surface area (Å²) in [6.07, 6.45) is 6.30. The number of unbranched alkanes of at least 4 members (excludes halogenated alkanes) is 1. The second kappa shape index (κ2) is 8.17. The minimum absolute atomic E-state index is 0.461. The van der Waals surface area contributed by atoms with Crippen LogP contribution in [0.5, 0.6) is 5.88 Å². The summed E-state index contributed by atoms with van der Waals surface area (Å²) in [5.74, 6) is 1.81. The number of nitrogens with one attached hydrogen (secondary N) is 1. The molecule has 0 amide bonds. The number of hydrogen-bond acceptors (Lipinski definition) is 6. The van der Waals surface area contributed by atoms with Crippen molar-refractivity contribution in [2.24, 2.45) is 0 Å². The lowest BCUT2D eigenvalue weighted by molar-refractivity contribution is 0.298. The number of pyridine rings is 1. The number of ether oxygens (including phenoxy) is 1. The number of anilines is 2. The van der Waals surface area contributed by atoms with Crippen LogP contribution >= 0.6 is 0 Å². The number of hydrogen-bond donors (Lipinski definition) is 2. The molecule has 2 aromatic heterocycles. The molecule has 118 valence electrons. The van der Waals surface area contributed by atoms with E-state index < -0.39 is 0 Å². The fourth-order valence-electron chi connectivity index (χ4n) is 1.90. The molecule has 2 aromatic rings. The Bertz CT molecular complexity index is 589. The summed E-state index contributed by atoms with van der Waals surface area (Å²) in [6, 6.07) is 3.90. The van der Waals surface area contributed by atoms with E-state index in [4.69, 9.17) is 10.5 Å². The number of aromatic nitrogens is 3. The van der Waals surface area contributed by atoms with Gasteiger partial charge in [0.15, 0.2) is 5.82 Å². The maximum absolute atomic E-state index is 6.13. The van der Waals surface area contributed by atoms with E-state index in [9.17, 15) is 0 Å². The third-order valence-corrected chi connectivity index (χ3v) is 3.22. The SMILES string of the molecule is CCCCOc1nc(CC)nc(NCc2ccncc2)c1N. The highest BCUT2D eigenvalue weighted by atomic mass is 16.5. The highest BCUT2D eigenvalue weighted by Gasteiger charge is 2.12. The third-order valence-electron chi connectivity index (χ3n) is 3.22. The maximum atomic E-state index is 6.13. The first-order valence-electron chi connectivity index (χ1n) is 7.66. The van der Waals surface area contributed by atoms with E-state index in [1.54, 1.807) is 12.4 Å². The summed E-state index contributed by atoms with van der Waals surface area (Å²) in [6.45, 7) is 5.37. The predicted molar refractivity (Wildman–Crippen MR) is 87.8 cm³/mol. The molecular formula is C16H23N5O. The lowest BCUT2D eigenvalue weighted by atomic mass is 10.2. The molecule has 2 heterocycles. The second-order valence-electron chi connectivity index (χ2n) is 4.97. The topological polar surface area (TPSA) is 86.0 Å². The number of nitrogens with two attached hydrogens (primary N) is 1. The van der Waals surface area contributed by atoms with Crippen molar-refractivity contribution < 1.29 is 4.74 Å². The first-order valence-corrected chi connectivity index (χ1v) is 7.66. The Morgan fingerprint density at radius 2 is 1.95 bits per heavy atom. The summed E-state index contributed by atoms with van der Waals surface area (Å²) >= 11 is 0. The van der Waals surface area contributed by atoms with Crippen LogP contribution in [0.2, 0.25) is 0 Å². The summed E-state index contributed by atoms with van der Waals surface area (Å²) < 4.78 is 5.69. The zero-order valence-corrected chi connectivity index (χ0v) is 13.2. The van der Waals surface area contributed by atoms with Gasteiger partial charge in [0, 0.05) is 25.4 Å². The van der Waals surface area contributed by atoms with Gasteiger partial charge < -0.3 is 15.8 Å². The van der Waals surface area contributed by atoms with Crippen LogP contribution in [0.15, 0.2) is 24.5 Å². The molecule has 0 saturated carbocycles. The first kappa shape index (κ1) is 16.0. The van der Waals surface area contributed by atoms with Gasteiger partial charge in [0.25, 0.3) is 0 Å². The van der Waals surface area contributed by atoms with Crippen LogP contribution in [-0.2, 0) is 13.0 Å². The molecule has 0 radical (unpaired) electrons. The summed E-state index contributed by atoms with van der Waals surface area (Å²) in [4.78, 5) is 12.8. The number of rotatable bonds is 8. The Morgan fingerprint density at radius 1 is 1.18 bits per heavy atom. The Kier molecular flexibility index (Phi) is 5.94. The Hall–Kier alpha value is -2.37. The minimum Gasteiger partial charge on any atom is -0.476 e. The van der Waals surface area contributed by atoms with E-state index in [0.29, 0.717) is 30.5 Å². The Labute approximate surface area is 131 Å². The smallest absolute Gasteiger partial charge is 0.242 e. The Morgan fingerprint density at radius 3 is 2.64 bits per heavy atom. The molecule has 2 rings (SSSR count). The van der Waals surface area contributed by atoms with Crippen LogP contribution in [0.1, 0.15) is 38.1 Å². The van der Waals surface area contributed by atoms with Gasteiger partial charge in [-0.25, -0.2) is 4.98 Å². The first-order chi connectivity index (χ1) is 10.7. The van der Waals surface area contributed by atoms with Crippen LogP contribution in [0, 0.1) is 0 Å². The monoisotopic (exact) mass is 301 g/mol. The van der Waals surface area contributed by atoms with E-state index in [2.05, 4.69) is 27.2 Å². The number of aryl methyl sites for hydroxylation is 1. The molecule has 0 saturated heterocycles. The van der Waals surface area contributed by atoms with Gasteiger partial charge in [-0.3, -0.25) is 4.98 Å². The van der Waals surface area contributed by atoms with Crippen LogP contribution < -0.4 is 15.8 Å². The normalized spacial score (nSPS) is 10.5. The minimum atomic E-state index is 0.461. The number of nitrogens with zero attached hydrogens (tertiary/aromatic N) is 3.